The molecular weight excluding hydrogens is 368 g/mol. The van der Waals surface area contributed by atoms with Crippen LogP contribution in [-0.4, -0.2) is 57.3 Å². The Hall–Kier alpha value is -3.26. The van der Waals surface area contributed by atoms with Gasteiger partial charge in [-0.15, -0.1) is 0 Å². The van der Waals surface area contributed by atoms with Gasteiger partial charge in [-0.3, -0.25) is 9.69 Å². The number of aromatic nitrogens is 4. The molecule has 1 saturated heterocycles. The molecular formula is C21H22N6O2. The normalized spacial score (nSPS) is 15.4. The van der Waals surface area contributed by atoms with Crippen LogP contribution in [0.15, 0.2) is 52.0 Å². The molecule has 0 unspecified atom stereocenters. The average Bonchev–Trinajstić information content (AvgIpc) is 3.18. The third-order valence-electron chi connectivity index (χ3n) is 5.53. The lowest BCUT2D eigenvalue weighted by atomic mass is 10.2. The molecule has 0 radical (unpaired) electrons. The lowest BCUT2D eigenvalue weighted by Gasteiger charge is -2.34. The van der Waals surface area contributed by atoms with E-state index in [0.717, 1.165) is 49.5 Å². The van der Waals surface area contributed by atoms with Gasteiger partial charge in [0.2, 0.25) is 0 Å². The summed E-state index contributed by atoms with van der Waals surface area (Å²) in [4.78, 5) is 25.8. The molecule has 1 aromatic carbocycles. The first-order chi connectivity index (χ1) is 14.2. The molecule has 1 aliphatic heterocycles. The van der Waals surface area contributed by atoms with Crippen LogP contribution < -0.4 is 10.5 Å². The zero-order chi connectivity index (χ0) is 19.8. The maximum absolute atomic E-state index is 12.7. The number of hydrogen-bond donors (Lipinski definition) is 0. The quantitative estimate of drug-likeness (QED) is 0.528. The van der Waals surface area contributed by atoms with Crippen molar-refractivity contribution < 1.29 is 4.52 Å². The lowest BCUT2D eigenvalue weighted by Crippen LogP contribution is -2.47. The van der Waals surface area contributed by atoms with E-state index in [9.17, 15) is 4.79 Å². The minimum absolute atomic E-state index is 0.0322. The van der Waals surface area contributed by atoms with Crippen LogP contribution in [0.3, 0.4) is 0 Å². The second-order valence-corrected chi connectivity index (χ2v) is 7.36. The van der Waals surface area contributed by atoms with E-state index >= 15 is 0 Å². The first-order valence-corrected chi connectivity index (χ1v) is 9.83. The molecule has 0 amide bonds. The van der Waals surface area contributed by atoms with Crippen molar-refractivity contribution in [3.63, 3.8) is 0 Å². The van der Waals surface area contributed by atoms with E-state index in [2.05, 4.69) is 24.9 Å². The van der Waals surface area contributed by atoms with E-state index < -0.39 is 0 Å². The highest BCUT2D eigenvalue weighted by Crippen LogP contribution is 2.26. The molecule has 0 atom stereocenters. The van der Waals surface area contributed by atoms with Gasteiger partial charge in [0.1, 0.15) is 5.82 Å². The van der Waals surface area contributed by atoms with Crippen molar-refractivity contribution in [2.45, 2.75) is 13.5 Å². The van der Waals surface area contributed by atoms with Gasteiger partial charge in [-0.1, -0.05) is 17.3 Å². The number of piperazine rings is 1. The second-order valence-electron chi connectivity index (χ2n) is 7.36. The molecule has 1 aliphatic rings. The van der Waals surface area contributed by atoms with E-state index in [4.69, 9.17) is 4.52 Å². The van der Waals surface area contributed by atoms with Crippen molar-refractivity contribution in [3.8, 4) is 0 Å². The highest BCUT2D eigenvalue weighted by molar-refractivity contribution is 5.88. The zero-order valence-electron chi connectivity index (χ0n) is 16.3. The summed E-state index contributed by atoms with van der Waals surface area (Å²) < 4.78 is 7.19. The van der Waals surface area contributed by atoms with Crippen LogP contribution in [0, 0.1) is 6.92 Å². The molecule has 1 fully saturated rings. The zero-order valence-corrected chi connectivity index (χ0v) is 16.3. The van der Waals surface area contributed by atoms with Crippen molar-refractivity contribution in [1.29, 1.82) is 0 Å². The third kappa shape index (κ3) is 3.36. The molecule has 29 heavy (non-hydrogen) atoms. The molecule has 4 aromatic rings. The fraction of sp³-hybridized carbons (Fsp3) is 0.333. The van der Waals surface area contributed by atoms with E-state index in [1.165, 1.54) is 0 Å². The lowest BCUT2D eigenvalue weighted by molar-refractivity contribution is 0.246. The van der Waals surface area contributed by atoms with Crippen LogP contribution in [0.4, 0.5) is 5.82 Å². The summed E-state index contributed by atoms with van der Waals surface area (Å²) >= 11 is 0. The van der Waals surface area contributed by atoms with Crippen molar-refractivity contribution in [2.24, 2.45) is 0 Å². The number of aryl methyl sites for hydroxylation is 1. The summed E-state index contributed by atoms with van der Waals surface area (Å²) in [5.41, 5.74) is 1.49. The Morgan fingerprint density at radius 3 is 2.72 bits per heavy atom. The van der Waals surface area contributed by atoms with E-state index in [1.54, 1.807) is 10.8 Å². The van der Waals surface area contributed by atoms with E-state index in [-0.39, 0.29) is 5.56 Å². The van der Waals surface area contributed by atoms with Gasteiger partial charge < -0.3 is 14.0 Å². The smallest absolute Gasteiger partial charge is 0.261 e. The molecule has 0 spiro atoms. The molecule has 0 bridgehead atoms. The summed E-state index contributed by atoms with van der Waals surface area (Å²) in [7, 11) is 0. The monoisotopic (exact) mass is 390 g/mol. The van der Waals surface area contributed by atoms with E-state index in [0.29, 0.717) is 23.3 Å². The Labute approximate surface area is 167 Å². The van der Waals surface area contributed by atoms with Gasteiger partial charge >= 0.3 is 0 Å². The molecule has 0 saturated carbocycles. The Morgan fingerprint density at radius 1 is 1.03 bits per heavy atom. The Kier molecular flexibility index (Phi) is 4.48. The maximum Gasteiger partial charge on any atom is 0.261 e. The number of pyridine rings is 1. The average molecular weight is 390 g/mol. The summed E-state index contributed by atoms with van der Waals surface area (Å²) in [6.07, 6.45) is 3.45. The molecule has 8 nitrogen and oxygen atoms in total. The highest BCUT2D eigenvalue weighted by atomic mass is 16.5. The van der Waals surface area contributed by atoms with E-state index in [1.807, 2.05) is 43.5 Å². The fourth-order valence-corrected chi connectivity index (χ4v) is 3.87. The number of rotatable bonds is 4. The number of fused-ring (bicyclic) bond motifs is 2. The van der Waals surface area contributed by atoms with Crippen LogP contribution in [0.25, 0.3) is 21.9 Å². The fourth-order valence-electron chi connectivity index (χ4n) is 3.87. The van der Waals surface area contributed by atoms with Crippen LogP contribution >= 0.6 is 0 Å². The van der Waals surface area contributed by atoms with Gasteiger partial charge in [0.05, 0.1) is 16.3 Å². The van der Waals surface area contributed by atoms with Crippen molar-refractivity contribution >= 4 is 27.7 Å². The van der Waals surface area contributed by atoms with Gasteiger partial charge in [0, 0.05) is 51.7 Å². The second kappa shape index (κ2) is 7.29. The predicted octanol–water partition coefficient (Wildman–Crippen LogP) is 2.06. The molecule has 4 heterocycles. The first kappa shape index (κ1) is 17.8. The molecule has 0 aliphatic carbocycles. The summed E-state index contributed by atoms with van der Waals surface area (Å²) in [6, 6.07) is 9.84. The summed E-state index contributed by atoms with van der Waals surface area (Å²) in [5, 5.41) is 5.89. The Morgan fingerprint density at radius 2 is 1.86 bits per heavy atom. The molecule has 5 rings (SSSR count). The SMILES string of the molecule is Cc1ncc2c(=O)n(CCN3CCN(c4noc5ccccc45)CC3)ccc2n1. The first-order valence-electron chi connectivity index (χ1n) is 9.83. The van der Waals surface area contributed by atoms with Gasteiger partial charge in [0.15, 0.2) is 11.4 Å². The van der Waals surface area contributed by atoms with Gasteiger partial charge in [0.25, 0.3) is 5.56 Å². The Balaban J connectivity index is 1.23. The molecule has 8 heteroatoms. The largest absolute Gasteiger partial charge is 0.354 e. The van der Waals surface area contributed by atoms with Crippen LogP contribution in [0.2, 0.25) is 0 Å². The minimum Gasteiger partial charge on any atom is -0.354 e. The number of para-hydroxylation sites is 1. The topological polar surface area (TPSA) is 80.3 Å². The van der Waals surface area contributed by atoms with Gasteiger partial charge in [-0.05, 0) is 25.1 Å². The minimum atomic E-state index is -0.0322. The summed E-state index contributed by atoms with van der Waals surface area (Å²) in [5.74, 6) is 1.59. The molecule has 3 aromatic heterocycles. The van der Waals surface area contributed by atoms with Crippen LogP contribution in [0.1, 0.15) is 5.82 Å². The van der Waals surface area contributed by atoms with Crippen molar-refractivity contribution in [1.82, 2.24) is 24.6 Å². The Bertz CT molecular complexity index is 1220. The standard InChI is InChI=1S/C21H22N6O2/c1-15-22-14-17-18(23-15)6-7-27(21(17)28)13-10-25-8-11-26(12-9-25)20-16-4-2-3-5-19(16)29-24-20/h2-7,14H,8-13H2,1H3. The molecule has 0 N–H and O–H groups in total. The van der Waals surface area contributed by atoms with Crippen LogP contribution in [0.5, 0.6) is 0 Å². The van der Waals surface area contributed by atoms with Crippen molar-refractivity contribution in [2.75, 3.05) is 37.6 Å². The third-order valence-corrected chi connectivity index (χ3v) is 5.53. The van der Waals surface area contributed by atoms with Gasteiger partial charge in [-0.2, -0.15) is 0 Å². The number of nitrogens with zero attached hydrogens (tertiary/aromatic N) is 6. The number of anilines is 1. The maximum atomic E-state index is 12.7. The summed E-state index contributed by atoms with van der Waals surface area (Å²) in [6.45, 7) is 6.91. The predicted molar refractivity (Wildman–Crippen MR) is 111 cm³/mol. The number of hydrogen-bond acceptors (Lipinski definition) is 7. The molecule has 148 valence electrons. The van der Waals surface area contributed by atoms with Gasteiger partial charge in [-0.25, -0.2) is 9.97 Å². The highest BCUT2D eigenvalue weighted by Gasteiger charge is 2.21. The number of benzene rings is 1. The van der Waals surface area contributed by atoms with Crippen LogP contribution in [-0.2, 0) is 6.54 Å². The van der Waals surface area contributed by atoms with Crippen molar-refractivity contribution in [3.05, 3.63) is 58.9 Å².